The smallest absolute Gasteiger partial charge is 0.270 e. The van der Waals surface area contributed by atoms with Gasteiger partial charge in [-0.1, -0.05) is 23.7 Å². The fraction of sp³-hybridized carbons (Fsp3) is 0.278. The van der Waals surface area contributed by atoms with E-state index in [0.29, 0.717) is 6.54 Å². The minimum atomic E-state index is -0.532. The third-order valence-electron chi connectivity index (χ3n) is 4.41. The molecule has 0 N–H and O–H groups in total. The largest absolute Gasteiger partial charge is 0.497 e. The minimum absolute atomic E-state index is 0.0373. The molecule has 130 valence electrons. The number of benzene rings is 2. The zero-order valence-corrected chi connectivity index (χ0v) is 14.4. The van der Waals surface area contributed by atoms with Crippen LogP contribution in [0.25, 0.3) is 0 Å². The van der Waals surface area contributed by atoms with Gasteiger partial charge in [0, 0.05) is 18.7 Å². The van der Waals surface area contributed by atoms with Gasteiger partial charge in [0.1, 0.15) is 5.75 Å². The summed E-state index contributed by atoms with van der Waals surface area (Å²) in [5, 5.41) is 10.9. The van der Waals surface area contributed by atoms with E-state index in [4.69, 9.17) is 16.3 Å². The maximum atomic E-state index is 12.9. The maximum Gasteiger partial charge on any atom is 0.270 e. The van der Waals surface area contributed by atoms with Crippen molar-refractivity contribution in [2.45, 2.75) is 18.9 Å². The number of hydrogen-bond donors (Lipinski definition) is 0. The van der Waals surface area contributed by atoms with Crippen molar-refractivity contribution < 1.29 is 14.5 Å². The van der Waals surface area contributed by atoms with E-state index in [1.807, 2.05) is 24.3 Å². The van der Waals surface area contributed by atoms with E-state index in [9.17, 15) is 14.9 Å². The highest BCUT2D eigenvalue weighted by atomic mass is 35.5. The molecule has 0 bridgehead atoms. The summed E-state index contributed by atoms with van der Waals surface area (Å²) in [5.41, 5.74) is 1.19. The van der Waals surface area contributed by atoms with Gasteiger partial charge >= 0.3 is 0 Å². The Labute approximate surface area is 150 Å². The van der Waals surface area contributed by atoms with Crippen LogP contribution in [0.2, 0.25) is 5.02 Å². The third-order valence-corrected chi connectivity index (χ3v) is 4.72. The molecule has 0 saturated carbocycles. The molecular formula is C18H17ClN2O4. The van der Waals surface area contributed by atoms with E-state index in [0.717, 1.165) is 24.2 Å². The molecule has 7 heteroatoms. The minimum Gasteiger partial charge on any atom is -0.497 e. The van der Waals surface area contributed by atoms with Crippen molar-refractivity contribution in [2.24, 2.45) is 0 Å². The van der Waals surface area contributed by atoms with Crippen molar-refractivity contribution in [3.8, 4) is 5.75 Å². The Balaban J connectivity index is 1.86. The highest BCUT2D eigenvalue weighted by molar-refractivity contribution is 6.34. The van der Waals surface area contributed by atoms with Crippen LogP contribution in [0.1, 0.15) is 34.8 Å². The second-order valence-corrected chi connectivity index (χ2v) is 6.26. The van der Waals surface area contributed by atoms with Crippen LogP contribution in [0.4, 0.5) is 5.69 Å². The lowest BCUT2D eigenvalue weighted by atomic mass is 10.0. The molecule has 1 fully saturated rings. The van der Waals surface area contributed by atoms with Crippen molar-refractivity contribution >= 4 is 23.2 Å². The van der Waals surface area contributed by atoms with Gasteiger partial charge in [0.2, 0.25) is 0 Å². The summed E-state index contributed by atoms with van der Waals surface area (Å²) in [6.45, 7) is 0.628. The van der Waals surface area contributed by atoms with Crippen LogP contribution in [0.3, 0.4) is 0 Å². The van der Waals surface area contributed by atoms with E-state index >= 15 is 0 Å². The first-order valence-electron chi connectivity index (χ1n) is 7.90. The van der Waals surface area contributed by atoms with Gasteiger partial charge < -0.3 is 9.64 Å². The lowest BCUT2D eigenvalue weighted by molar-refractivity contribution is -0.384. The van der Waals surface area contributed by atoms with Crippen LogP contribution in [0.15, 0.2) is 42.5 Å². The predicted molar refractivity (Wildman–Crippen MR) is 94.1 cm³/mol. The number of nitro groups is 1. The summed E-state index contributed by atoms with van der Waals surface area (Å²) < 4.78 is 5.17. The molecular weight excluding hydrogens is 344 g/mol. The summed E-state index contributed by atoms with van der Waals surface area (Å²) in [7, 11) is 1.61. The zero-order chi connectivity index (χ0) is 18.0. The Morgan fingerprint density at radius 1 is 1.28 bits per heavy atom. The number of ether oxygens (including phenoxy) is 1. The van der Waals surface area contributed by atoms with Gasteiger partial charge in [0.25, 0.3) is 11.6 Å². The fourth-order valence-corrected chi connectivity index (χ4v) is 3.38. The van der Waals surface area contributed by atoms with Gasteiger partial charge in [-0.25, -0.2) is 0 Å². The van der Waals surface area contributed by atoms with Gasteiger partial charge in [-0.05, 0) is 36.6 Å². The van der Waals surface area contributed by atoms with Crippen LogP contribution in [-0.2, 0) is 0 Å². The molecule has 0 aliphatic carbocycles. The number of carbonyl (C=O) groups is 1. The Hall–Kier alpha value is -2.60. The fourth-order valence-electron chi connectivity index (χ4n) is 3.13. The second-order valence-electron chi connectivity index (χ2n) is 5.85. The number of nitro benzene ring substituents is 1. The summed E-state index contributed by atoms with van der Waals surface area (Å²) in [5.74, 6) is 0.552. The molecule has 0 radical (unpaired) electrons. The number of hydrogen-bond acceptors (Lipinski definition) is 4. The second kappa shape index (κ2) is 7.11. The molecule has 0 spiro atoms. The van der Waals surface area contributed by atoms with Crippen LogP contribution in [0.5, 0.6) is 5.75 Å². The Bertz CT molecular complexity index is 807. The molecule has 1 aliphatic heterocycles. The quantitative estimate of drug-likeness (QED) is 0.604. The highest BCUT2D eigenvalue weighted by Crippen LogP contribution is 2.35. The van der Waals surface area contributed by atoms with E-state index in [1.54, 1.807) is 12.0 Å². The van der Waals surface area contributed by atoms with Crippen molar-refractivity contribution in [1.29, 1.82) is 0 Å². The molecule has 0 aromatic heterocycles. The first-order valence-corrected chi connectivity index (χ1v) is 8.28. The number of halogens is 1. The monoisotopic (exact) mass is 360 g/mol. The van der Waals surface area contributed by atoms with Crippen LogP contribution >= 0.6 is 11.6 Å². The zero-order valence-electron chi connectivity index (χ0n) is 13.6. The van der Waals surface area contributed by atoms with Crippen LogP contribution in [-0.4, -0.2) is 29.4 Å². The first kappa shape index (κ1) is 17.2. The number of nitrogens with zero attached hydrogens (tertiary/aromatic N) is 2. The molecule has 1 unspecified atom stereocenters. The molecule has 25 heavy (non-hydrogen) atoms. The van der Waals surface area contributed by atoms with Crippen molar-refractivity contribution in [3.05, 3.63) is 68.7 Å². The highest BCUT2D eigenvalue weighted by Gasteiger charge is 2.31. The van der Waals surface area contributed by atoms with Crippen molar-refractivity contribution in [3.63, 3.8) is 0 Å². The standard InChI is InChI=1S/C18H17ClN2O4/c1-25-14-7-4-12(5-8-14)17-3-2-10-20(17)18(22)15-9-6-13(21(23)24)11-16(15)19/h4-9,11,17H,2-3,10H2,1H3. The Kier molecular flexibility index (Phi) is 4.90. The van der Waals surface area contributed by atoms with E-state index in [1.165, 1.54) is 18.2 Å². The topological polar surface area (TPSA) is 72.7 Å². The molecule has 1 atom stereocenters. The van der Waals surface area contributed by atoms with E-state index in [-0.39, 0.29) is 28.2 Å². The average molecular weight is 361 g/mol. The molecule has 3 rings (SSSR count). The molecule has 2 aromatic carbocycles. The number of rotatable bonds is 4. The number of methoxy groups -OCH3 is 1. The van der Waals surface area contributed by atoms with Gasteiger partial charge in [-0.15, -0.1) is 0 Å². The normalized spacial score (nSPS) is 16.7. The molecule has 1 heterocycles. The third kappa shape index (κ3) is 3.44. The number of carbonyl (C=O) groups excluding carboxylic acids is 1. The lowest BCUT2D eigenvalue weighted by Gasteiger charge is -2.25. The van der Waals surface area contributed by atoms with Crippen molar-refractivity contribution in [2.75, 3.05) is 13.7 Å². The molecule has 6 nitrogen and oxygen atoms in total. The summed E-state index contributed by atoms with van der Waals surface area (Å²) in [6.07, 6.45) is 1.76. The number of non-ortho nitro benzene ring substituents is 1. The summed E-state index contributed by atoms with van der Waals surface area (Å²) >= 11 is 6.11. The Morgan fingerprint density at radius 3 is 2.60 bits per heavy atom. The average Bonchev–Trinajstić information content (AvgIpc) is 3.10. The lowest BCUT2D eigenvalue weighted by Crippen LogP contribution is -2.30. The molecule has 2 aromatic rings. The van der Waals surface area contributed by atoms with Crippen LogP contribution in [0, 0.1) is 10.1 Å². The van der Waals surface area contributed by atoms with E-state index in [2.05, 4.69) is 0 Å². The van der Waals surface area contributed by atoms with Crippen molar-refractivity contribution in [1.82, 2.24) is 4.90 Å². The maximum absolute atomic E-state index is 12.9. The molecule has 1 saturated heterocycles. The first-order chi connectivity index (χ1) is 12.0. The van der Waals surface area contributed by atoms with E-state index < -0.39 is 4.92 Å². The van der Waals surface area contributed by atoms with Gasteiger partial charge in [-0.3, -0.25) is 14.9 Å². The van der Waals surface area contributed by atoms with Crippen LogP contribution < -0.4 is 4.74 Å². The Morgan fingerprint density at radius 2 is 2.00 bits per heavy atom. The predicted octanol–water partition coefficient (Wildman–Crippen LogP) is 4.23. The van der Waals surface area contributed by atoms with Gasteiger partial charge in [0.15, 0.2) is 0 Å². The molecule has 1 aliphatic rings. The summed E-state index contributed by atoms with van der Waals surface area (Å²) in [6, 6.07) is 11.5. The number of likely N-dealkylation sites (tertiary alicyclic amines) is 1. The number of amides is 1. The summed E-state index contributed by atoms with van der Waals surface area (Å²) in [4.78, 5) is 25.0. The van der Waals surface area contributed by atoms with Gasteiger partial charge in [-0.2, -0.15) is 0 Å². The van der Waals surface area contributed by atoms with Gasteiger partial charge in [0.05, 0.1) is 28.7 Å². The molecule has 1 amide bonds. The SMILES string of the molecule is COc1ccc(C2CCCN2C(=O)c2ccc([N+](=O)[O-])cc2Cl)cc1.